The lowest BCUT2D eigenvalue weighted by molar-refractivity contribution is 0.221. The molecule has 1 N–H and O–H groups in total. The fraction of sp³-hybridized carbons (Fsp3) is 0.556. The van der Waals surface area contributed by atoms with E-state index >= 15 is 0 Å². The Labute approximate surface area is 142 Å². The Kier molecular flexibility index (Phi) is 4.69. The summed E-state index contributed by atoms with van der Waals surface area (Å²) in [6.45, 7) is 4.45. The molecule has 2 aromatic rings. The summed E-state index contributed by atoms with van der Waals surface area (Å²) in [4.78, 5) is 2.65. The molecule has 4 rings (SSSR count). The van der Waals surface area contributed by atoms with Crippen LogP contribution in [-0.2, 0) is 13.1 Å². The molecule has 4 nitrogen and oxygen atoms in total. The number of rotatable bonds is 5. The number of nitrogens with zero attached hydrogens (tertiary/aromatic N) is 3. The van der Waals surface area contributed by atoms with Crippen molar-refractivity contribution >= 4 is 11.5 Å². The standard InChI is InChI=1S/C18H24N4S/c1-2-5-14(6-3-1)10-22-11-15-7-4-8-18(17(15)12-22)19-9-16-13-23-21-20-16/h1-3,5-6,13,15,17-19H,4,7-12H2. The summed E-state index contributed by atoms with van der Waals surface area (Å²) in [6, 6.07) is 11.5. The van der Waals surface area contributed by atoms with E-state index < -0.39 is 0 Å². The first-order valence-electron chi connectivity index (χ1n) is 8.64. The molecule has 3 atom stereocenters. The Morgan fingerprint density at radius 2 is 2.09 bits per heavy atom. The Morgan fingerprint density at radius 1 is 1.17 bits per heavy atom. The van der Waals surface area contributed by atoms with Crippen molar-refractivity contribution in [1.82, 2.24) is 19.8 Å². The Hall–Kier alpha value is -1.30. The normalized spacial score (nSPS) is 27.9. The van der Waals surface area contributed by atoms with Crippen LogP contribution < -0.4 is 5.32 Å². The molecule has 2 heterocycles. The van der Waals surface area contributed by atoms with Crippen molar-refractivity contribution in [2.45, 2.75) is 38.4 Å². The maximum absolute atomic E-state index is 4.15. The van der Waals surface area contributed by atoms with Gasteiger partial charge in [0, 0.05) is 37.6 Å². The van der Waals surface area contributed by atoms with E-state index in [0.717, 1.165) is 30.6 Å². The van der Waals surface area contributed by atoms with E-state index in [1.54, 1.807) is 0 Å². The van der Waals surface area contributed by atoms with E-state index in [-0.39, 0.29) is 0 Å². The first kappa shape index (κ1) is 15.2. The van der Waals surface area contributed by atoms with E-state index in [9.17, 15) is 0 Å². The van der Waals surface area contributed by atoms with Gasteiger partial charge in [-0.25, -0.2) is 0 Å². The molecule has 2 aliphatic rings. The molecule has 1 saturated carbocycles. The van der Waals surface area contributed by atoms with Crippen molar-refractivity contribution in [2.24, 2.45) is 11.8 Å². The van der Waals surface area contributed by atoms with E-state index in [2.05, 4.69) is 50.1 Å². The van der Waals surface area contributed by atoms with Crippen LogP contribution in [0, 0.1) is 11.8 Å². The van der Waals surface area contributed by atoms with Crippen LogP contribution in [0.3, 0.4) is 0 Å². The molecule has 3 unspecified atom stereocenters. The smallest absolute Gasteiger partial charge is 0.0893 e. The molecule has 5 heteroatoms. The minimum atomic E-state index is 0.635. The lowest BCUT2D eigenvalue weighted by Gasteiger charge is -2.33. The molecule has 1 aromatic heterocycles. The highest BCUT2D eigenvalue weighted by atomic mass is 32.1. The molecular formula is C18H24N4S. The van der Waals surface area contributed by atoms with Crippen LogP contribution in [0.1, 0.15) is 30.5 Å². The van der Waals surface area contributed by atoms with Crippen LogP contribution >= 0.6 is 11.5 Å². The number of nitrogens with one attached hydrogen (secondary N) is 1. The molecule has 1 aliphatic heterocycles. The molecule has 122 valence electrons. The summed E-state index contributed by atoms with van der Waals surface area (Å²) in [5.74, 6) is 1.65. The first-order valence-corrected chi connectivity index (χ1v) is 9.48. The van der Waals surface area contributed by atoms with E-state index in [4.69, 9.17) is 0 Å². The van der Waals surface area contributed by atoms with Gasteiger partial charge in [-0.05, 0) is 41.8 Å². The number of benzene rings is 1. The molecule has 0 bridgehead atoms. The van der Waals surface area contributed by atoms with Gasteiger partial charge in [-0.2, -0.15) is 0 Å². The van der Waals surface area contributed by atoms with Gasteiger partial charge in [-0.3, -0.25) is 4.90 Å². The lowest BCUT2D eigenvalue weighted by atomic mass is 9.78. The van der Waals surface area contributed by atoms with Crippen molar-refractivity contribution in [2.75, 3.05) is 13.1 Å². The summed E-state index contributed by atoms with van der Waals surface area (Å²) in [6.07, 6.45) is 4.05. The Morgan fingerprint density at radius 3 is 2.91 bits per heavy atom. The van der Waals surface area contributed by atoms with Gasteiger partial charge in [0.25, 0.3) is 0 Å². The van der Waals surface area contributed by atoms with Gasteiger partial charge in [0.2, 0.25) is 0 Å². The number of hydrogen-bond donors (Lipinski definition) is 1. The Bertz CT molecular complexity index is 601. The van der Waals surface area contributed by atoms with Gasteiger partial charge in [0.05, 0.1) is 5.69 Å². The average Bonchev–Trinajstić information content (AvgIpc) is 3.23. The van der Waals surface area contributed by atoms with Crippen LogP contribution in [0.4, 0.5) is 0 Å². The highest BCUT2D eigenvalue weighted by molar-refractivity contribution is 7.03. The maximum Gasteiger partial charge on any atom is 0.0893 e. The largest absolute Gasteiger partial charge is 0.308 e. The minimum Gasteiger partial charge on any atom is -0.308 e. The van der Waals surface area contributed by atoms with Gasteiger partial charge < -0.3 is 5.32 Å². The zero-order chi connectivity index (χ0) is 15.5. The molecule has 1 aromatic carbocycles. The average molecular weight is 328 g/mol. The predicted molar refractivity (Wildman–Crippen MR) is 93.1 cm³/mol. The highest BCUT2D eigenvalue weighted by Gasteiger charge is 2.39. The second-order valence-electron chi connectivity index (χ2n) is 6.92. The lowest BCUT2D eigenvalue weighted by Crippen LogP contribution is -2.42. The molecule has 1 saturated heterocycles. The second-order valence-corrected chi connectivity index (χ2v) is 7.53. The van der Waals surface area contributed by atoms with Crippen LogP contribution in [0.2, 0.25) is 0 Å². The van der Waals surface area contributed by atoms with Crippen molar-refractivity contribution in [1.29, 1.82) is 0 Å². The van der Waals surface area contributed by atoms with E-state index in [1.807, 2.05) is 5.38 Å². The van der Waals surface area contributed by atoms with Crippen LogP contribution in [0.15, 0.2) is 35.7 Å². The van der Waals surface area contributed by atoms with Crippen molar-refractivity contribution in [3.8, 4) is 0 Å². The van der Waals surface area contributed by atoms with Crippen LogP contribution in [-0.4, -0.2) is 33.6 Å². The van der Waals surface area contributed by atoms with Crippen molar-refractivity contribution in [3.05, 3.63) is 47.0 Å². The van der Waals surface area contributed by atoms with Gasteiger partial charge in [-0.15, -0.1) is 5.10 Å². The fourth-order valence-corrected chi connectivity index (χ4v) is 4.74. The third-order valence-electron chi connectivity index (χ3n) is 5.37. The molecule has 0 spiro atoms. The summed E-state index contributed by atoms with van der Waals surface area (Å²) in [5, 5.41) is 9.96. The first-order chi connectivity index (χ1) is 11.4. The van der Waals surface area contributed by atoms with Crippen LogP contribution in [0.25, 0.3) is 0 Å². The highest BCUT2D eigenvalue weighted by Crippen LogP contribution is 2.37. The summed E-state index contributed by atoms with van der Waals surface area (Å²) in [5.41, 5.74) is 2.51. The molecule has 23 heavy (non-hydrogen) atoms. The van der Waals surface area contributed by atoms with Crippen LogP contribution in [0.5, 0.6) is 0 Å². The summed E-state index contributed by atoms with van der Waals surface area (Å²) >= 11 is 1.44. The third-order valence-corrected chi connectivity index (χ3v) is 5.93. The number of aromatic nitrogens is 2. The van der Waals surface area contributed by atoms with Gasteiger partial charge in [-0.1, -0.05) is 41.2 Å². The fourth-order valence-electron chi connectivity index (χ4n) is 4.28. The van der Waals surface area contributed by atoms with Crippen molar-refractivity contribution < 1.29 is 0 Å². The van der Waals surface area contributed by atoms with Gasteiger partial charge >= 0.3 is 0 Å². The molecular weight excluding hydrogens is 304 g/mol. The molecule has 1 aliphatic carbocycles. The van der Waals surface area contributed by atoms with Crippen molar-refractivity contribution in [3.63, 3.8) is 0 Å². The minimum absolute atomic E-state index is 0.635. The number of fused-ring (bicyclic) bond motifs is 1. The molecule has 2 fully saturated rings. The number of likely N-dealkylation sites (tertiary alicyclic amines) is 1. The predicted octanol–water partition coefficient (Wildman–Crippen LogP) is 2.93. The molecule has 0 radical (unpaired) electrons. The van der Waals surface area contributed by atoms with Gasteiger partial charge in [0.1, 0.15) is 0 Å². The van der Waals surface area contributed by atoms with Gasteiger partial charge in [0.15, 0.2) is 0 Å². The zero-order valence-corrected chi connectivity index (χ0v) is 14.2. The Balaban J connectivity index is 1.36. The quantitative estimate of drug-likeness (QED) is 0.916. The summed E-state index contributed by atoms with van der Waals surface area (Å²) in [7, 11) is 0. The zero-order valence-electron chi connectivity index (χ0n) is 13.4. The van der Waals surface area contributed by atoms with E-state index in [1.165, 1.54) is 49.4 Å². The third kappa shape index (κ3) is 3.62. The second kappa shape index (κ2) is 7.07. The monoisotopic (exact) mass is 328 g/mol. The summed E-state index contributed by atoms with van der Waals surface area (Å²) < 4.78 is 3.95. The van der Waals surface area contributed by atoms with E-state index in [0.29, 0.717) is 6.04 Å². The number of hydrogen-bond acceptors (Lipinski definition) is 5. The maximum atomic E-state index is 4.15. The topological polar surface area (TPSA) is 41.0 Å². The SMILES string of the molecule is c1ccc(CN2CC3CCCC(NCc4csnn4)C3C2)cc1. The molecule has 0 amide bonds.